The van der Waals surface area contributed by atoms with Crippen molar-refractivity contribution in [2.24, 2.45) is 0 Å². The number of carbonyl (C=O) groups is 2. The SMILES string of the molecule is COC(=O)c1ccc([C@@H]2CC(=O)c3cc(OC)c(OC)cc3-n3cccc32)cc1. The second-order valence-electron chi connectivity index (χ2n) is 6.82. The van der Waals surface area contributed by atoms with Crippen molar-refractivity contribution in [1.29, 1.82) is 0 Å². The van der Waals surface area contributed by atoms with Crippen LogP contribution in [0.15, 0.2) is 54.7 Å². The lowest BCUT2D eigenvalue weighted by molar-refractivity contribution is 0.0600. The molecule has 1 aliphatic rings. The highest BCUT2D eigenvalue weighted by atomic mass is 16.5. The van der Waals surface area contributed by atoms with Crippen molar-refractivity contribution in [1.82, 2.24) is 4.57 Å². The van der Waals surface area contributed by atoms with E-state index in [0.717, 1.165) is 16.9 Å². The number of rotatable bonds is 4. The molecule has 0 radical (unpaired) electrons. The summed E-state index contributed by atoms with van der Waals surface area (Å²) in [5.41, 5.74) is 3.78. The van der Waals surface area contributed by atoms with Crippen molar-refractivity contribution in [2.45, 2.75) is 12.3 Å². The molecule has 0 saturated heterocycles. The zero-order valence-corrected chi connectivity index (χ0v) is 16.5. The van der Waals surface area contributed by atoms with Crippen LogP contribution in [0.1, 0.15) is 44.3 Å². The predicted molar refractivity (Wildman–Crippen MR) is 107 cm³/mol. The molecule has 0 unspecified atom stereocenters. The fraction of sp³-hybridized carbons (Fsp3) is 0.217. The van der Waals surface area contributed by atoms with E-state index in [9.17, 15) is 9.59 Å². The summed E-state index contributed by atoms with van der Waals surface area (Å²) in [4.78, 5) is 24.9. The van der Waals surface area contributed by atoms with Gasteiger partial charge in [-0.3, -0.25) is 4.79 Å². The van der Waals surface area contributed by atoms with Gasteiger partial charge >= 0.3 is 5.97 Å². The average molecular weight is 391 g/mol. The van der Waals surface area contributed by atoms with Crippen LogP contribution in [0.5, 0.6) is 11.5 Å². The third-order valence-electron chi connectivity index (χ3n) is 5.32. The molecule has 0 amide bonds. The van der Waals surface area contributed by atoms with E-state index in [4.69, 9.17) is 14.2 Å². The van der Waals surface area contributed by atoms with Crippen LogP contribution in [0.4, 0.5) is 0 Å². The quantitative estimate of drug-likeness (QED) is 0.629. The predicted octanol–water partition coefficient (Wildman–Crippen LogP) is 4.00. The topological polar surface area (TPSA) is 66.8 Å². The number of carbonyl (C=O) groups excluding carboxylic acids is 2. The Balaban J connectivity index is 1.82. The molecule has 2 aromatic carbocycles. The summed E-state index contributed by atoms with van der Waals surface area (Å²) >= 11 is 0. The van der Waals surface area contributed by atoms with E-state index in [0.29, 0.717) is 29.0 Å². The zero-order valence-electron chi connectivity index (χ0n) is 16.5. The molecule has 29 heavy (non-hydrogen) atoms. The standard InChI is InChI=1S/C23H21NO5/c1-27-21-12-17-19(13-22(21)28-2)24-10-4-5-18(24)16(11-20(17)25)14-6-8-15(9-7-14)23(26)29-3/h4-10,12-13,16H,11H2,1-3H3/t16-/m0/s1. The van der Waals surface area contributed by atoms with Gasteiger partial charge in [0, 0.05) is 35.9 Å². The van der Waals surface area contributed by atoms with Gasteiger partial charge in [-0.15, -0.1) is 0 Å². The molecule has 0 saturated carbocycles. The van der Waals surface area contributed by atoms with E-state index < -0.39 is 0 Å². The minimum absolute atomic E-state index is 0.0201. The Morgan fingerprint density at radius 2 is 1.69 bits per heavy atom. The fourth-order valence-electron chi connectivity index (χ4n) is 3.85. The lowest BCUT2D eigenvalue weighted by Crippen LogP contribution is -2.08. The Hall–Kier alpha value is -3.54. The minimum Gasteiger partial charge on any atom is -0.493 e. The van der Waals surface area contributed by atoms with Crippen LogP contribution in [0.2, 0.25) is 0 Å². The summed E-state index contributed by atoms with van der Waals surface area (Å²) in [7, 11) is 4.48. The number of fused-ring (bicyclic) bond motifs is 3. The first-order valence-electron chi connectivity index (χ1n) is 9.22. The smallest absolute Gasteiger partial charge is 0.337 e. The van der Waals surface area contributed by atoms with E-state index in [1.54, 1.807) is 32.4 Å². The van der Waals surface area contributed by atoms with E-state index in [2.05, 4.69) is 0 Å². The van der Waals surface area contributed by atoms with Crippen LogP contribution in [0.25, 0.3) is 5.69 Å². The van der Waals surface area contributed by atoms with Crippen LogP contribution in [-0.4, -0.2) is 37.6 Å². The highest BCUT2D eigenvalue weighted by Crippen LogP contribution is 2.40. The second-order valence-corrected chi connectivity index (χ2v) is 6.82. The van der Waals surface area contributed by atoms with Gasteiger partial charge in [0.05, 0.1) is 32.6 Å². The molecule has 6 heteroatoms. The van der Waals surface area contributed by atoms with Crippen LogP contribution in [-0.2, 0) is 4.74 Å². The third kappa shape index (κ3) is 3.16. The fourth-order valence-corrected chi connectivity index (χ4v) is 3.85. The summed E-state index contributed by atoms with van der Waals surface area (Å²) in [6.07, 6.45) is 2.25. The number of ether oxygens (including phenoxy) is 3. The number of benzene rings is 2. The van der Waals surface area contributed by atoms with E-state index in [-0.39, 0.29) is 17.7 Å². The van der Waals surface area contributed by atoms with Crippen molar-refractivity contribution in [2.75, 3.05) is 21.3 Å². The molecule has 148 valence electrons. The van der Waals surface area contributed by atoms with Gasteiger partial charge in [-0.25, -0.2) is 4.79 Å². The third-order valence-corrected chi connectivity index (χ3v) is 5.32. The van der Waals surface area contributed by atoms with Crippen LogP contribution >= 0.6 is 0 Å². The lowest BCUT2D eigenvalue weighted by atomic mass is 9.89. The van der Waals surface area contributed by atoms with E-state index in [1.165, 1.54) is 7.11 Å². The number of hydrogen-bond donors (Lipinski definition) is 0. The maximum atomic E-state index is 13.2. The zero-order chi connectivity index (χ0) is 20.5. The number of hydrogen-bond acceptors (Lipinski definition) is 5. The summed E-state index contributed by atoms with van der Waals surface area (Å²) in [5.74, 6) is 0.581. The van der Waals surface area contributed by atoms with Gasteiger partial charge in [-0.2, -0.15) is 0 Å². The molecule has 1 aromatic heterocycles. The van der Waals surface area contributed by atoms with Gasteiger partial charge in [0.2, 0.25) is 0 Å². The maximum absolute atomic E-state index is 13.2. The largest absolute Gasteiger partial charge is 0.493 e. The van der Waals surface area contributed by atoms with Gasteiger partial charge in [-0.05, 0) is 35.9 Å². The van der Waals surface area contributed by atoms with Gasteiger partial charge in [-0.1, -0.05) is 12.1 Å². The molecule has 0 N–H and O–H groups in total. The summed E-state index contributed by atoms with van der Waals surface area (Å²) < 4.78 is 17.6. The van der Waals surface area contributed by atoms with Crippen LogP contribution < -0.4 is 9.47 Å². The van der Waals surface area contributed by atoms with Crippen LogP contribution in [0.3, 0.4) is 0 Å². The molecule has 1 aliphatic heterocycles. The summed E-state index contributed by atoms with van der Waals surface area (Å²) in [6.45, 7) is 0. The Morgan fingerprint density at radius 1 is 1.00 bits per heavy atom. The van der Waals surface area contributed by atoms with Crippen molar-refractivity contribution in [3.8, 4) is 17.2 Å². The van der Waals surface area contributed by atoms with Crippen molar-refractivity contribution < 1.29 is 23.8 Å². The van der Waals surface area contributed by atoms with Crippen molar-refractivity contribution in [3.05, 3.63) is 77.1 Å². The minimum atomic E-state index is -0.386. The van der Waals surface area contributed by atoms with Crippen LogP contribution in [0, 0.1) is 0 Å². The van der Waals surface area contributed by atoms with Gasteiger partial charge < -0.3 is 18.8 Å². The number of ketones is 1. The number of esters is 1. The van der Waals surface area contributed by atoms with E-state index in [1.807, 2.05) is 41.1 Å². The van der Waals surface area contributed by atoms with Crippen molar-refractivity contribution in [3.63, 3.8) is 0 Å². The molecule has 2 heterocycles. The maximum Gasteiger partial charge on any atom is 0.337 e. The van der Waals surface area contributed by atoms with Crippen molar-refractivity contribution >= 4 is 11.8 Å². The number of Topliss-reactive ketones (excluding diaryl/α,β-unsaturated/α-hetero) is 1. The first-order valence-corrected chi connectivity index (χ1v) is 9.22. The first-order chi connectivity index (χ1) is 14.1. The molecular weight excluding hydrogens is 370 g/mol. The lowest BCUT2D eigenvalue weighted by Gasteiger charge is -2.17. The molecule has 0 aliphatic carbocycles. The number of methoxy groups -OCH3 is 3. The molecule has 0 spiro atoms. The number of nitrogens with zero attached hydrogens (tertiary/aromatic N) is 1. The molecule has 4 rings (SSSR count). The van der Waals surface area contributed by atoms with E-state index >= 15 is 0 Å². The Labute approximate surface area is 168 Å². The molecule has 6 nitrogen and oxygen atoms in total. The molecular formula is C23H21NO5. The first kappa shape index (κ1) is 18.8. The monoisotopic (exact) mass is 391 g/mol. The Morgan fingerprint density at radius 3 is 2.34 bits per heavy atom. The number of aromatic nitrogens is 1. The average Bonchev–Trinajstić information content (AvgIpc) is 3.21. The Bertz CT molecular complexity index is 1080. The highest BCUT2D eigenvalue weighted by molar-refractivity contribution is 6.01. The molecule has 0 bridgehead atoms. The summed E-state index contributed by atoms with van der Waals surface area (Å²) in [5, 5.41) is 0. The van der Waals surface area contributed by atoms with Gasteiger partial charge in [0.25, 0.3) is 0 Å². The highest BCUT2D eigenvalue weighted by Gasteiger charge is 2.29. The Kier molecular flexibility index (Phi) is 4.84. The molecule has 0 fully saturated rings. The molecule has 3 aromatic rings. The van der Waals surface area contributed by atoms with Gasteiger partial charge in [0.1, 0.15) is 0 Å². The second kappa shape index (κ2) is 7.47. The van der Waals surface area contributed by atoms with Gasteiger partial charge in [0.15, 0.2) is 17.3 Å². The normalized spacial score (nSPS) is 15.1. The molecule has 1 atom stereocenters. The summed E-state index contributed by atoms with van der Waals surface area (Å²) in [6, 6.07) is 14.7.